The van der Waals surface area contributed by atoms with Gasteiger partial charge in [-0.25, -0.2) is 4.98 Å². The summed E-state index contributed by atoms with van der Waals surface area (Å²) in [5.74, 6) is 2.08. The van der Waals surface area contributed by atoms with Crippen LogP contribution in [0.3, 0.4) is 0 Å². The molecule has 3 aliphatic rings. The number of likely N-dealkylation sites (tertiary alicyclic amines) is 1. The highest BCUT2D eigenvalue weighted by molar-refractivity contribution is 5.79. The van der Waals surface area contributed by atoms with Crippen LogP contribution in [-0.2, 0) is 24.3 Å². The van der Waals surface area contributed by atoms with Crippen LogP contribution in [0.5, 0.6) is 5.75 Å². The Morgan fingerprint density at radius 3 is 2.79 bits per heavy atom. The number of benzene rings is 1. The van der Waals surface area contributed by atoms with Gasteiger partial charge < -0.3 is 14.6 Å². The third-order valence-corrected chi connectivity index (χ3v) is 7.24. The SMILES string of the molecule is COc1ccc(CN2CCc3nc([C@@H]4CCN(C(=O)[C@@H]5CC=CCC5)C4)[nH]c(=O)c3C2)cc1. The molecule has 174 valence electrons. The van der Waals surface area contributed by atoms with E-state index in [2.05, 4.69) is 34.2 Å². The number of hydrogen-bond acceptors (Lipinski definition) is 5. The molecule has 3 heterocycles. The zero-order chi connectivity index (χ0) is 22.8. The van der Waals surface area contributed by atoms with Crippen molar-refractivity contribution in [2.24, 2.45) is 5.92 Å². The van der Waals surface area contributed by atoms with Gasteiger partial charge in [-0.1, -0.05) is 24.3 Å². The Morgan fingerprint density at radius 1 is 1.18 bits per heavy atom. The summed E-state index contributed by atoms with van der Waals surface area (Å²) in [4.78, 5) is 38.0. The molecule has 2 aliphatic heterocycles. The van der Waals surface area contributed by atoms with Crippen molar-refractivity contribution in [3.05, 3.63) is 69.4 Å². The van der Waals surface area contributed by atoms with E-state index in [0.717, 1.165) is 74.6 Å². The van der Waals surface area contributed by atoms with Gasteiger partial charge in [0.2, 0.25) is 5.91 Å². The molecular formula is C26H32N4O3. The van der Waals surface area contributed by atoms with Crippen molar-refractivity contribution < 1.29 is 9.53 Å². The maximum atomic E-state index is 13.0. The van der Waals surface area contributed by atoms with Gasteiger partial charge in [0.05, 0.1) is 18.4 Å². The molecule has 2 aromatic rings. The monoisotopic (exact) mass is 448 g/mol. The number of methoxy groups -OCH3 is 1. The van der Waals surface area contributed by atoms with E-state index in [-0.39, 0.29) is 23.3 Å². The minimum absolute atomic E-state index is 0.0309. The Kier molecular flexibility index (Phi) is 6.31. The van der Waals surface area contributed by atoms with Crippen LogP contribution in [-0.4, -0.2) is 52.4 Å². The Balaban J connectivity index is 1.24. The summed E-state index contributed by atoms with van der Waals surface area (Å²) in [6.45, 7) is 3.68. The Hall–Kier alpha value is -2.93. The van der Waals surface area contributed by atoms with Gasteiger partial charge in [-0.3, -0.25) is 14.5 Å². The van der Waals surface area contributed by atoms with E-state index < -0.39 is 0 Å². The first-order chi connectivity index (χ1) is 16.1. The van der Waals surface area contributed by atoms with Crippen LogP contribution in [0.15, 0.2) is 41.2 Å². The van der Waals surface area contributed by atoms with Crippen LogP contribution in [0, 0.1) is 5.92 Å². The fourth-order valence-corrected chi connectivity index (χ4v) is 5.28. The Bertz CT molecular complexity index is 1090. The van der Waals surface area contributed by atoms with Crippen LogP contribution >= 0.6 is 0 Å². The largest absolute Gasteiger partial charge is 0.497 e. The third kappa shape index (κ3) is 4.74. The van der Waals surface area contributed by atoms with E-state index in [4.69, 9.17) is 9.72 Å². The number of aromatic nitrogens is 2. The van der Waals surface area contributed by atoms with Crippen molar-refractivity contribution in [1.29, 1.82) is 0 Å². The fraction of sp³-hybridized carbons (Fsp3) is 0.500. The molecule has 0 unspecified atom stereocenters. The number of ether oxygens (including phenoxy) is 1. The van der Waals surface area contributed by atoms with Crippen molar-refractivity contribution in [2.45, 2.75) is 51.1 Å². The summed E-state index contributed by atoms with van der Waals surface area (Å²) in [5.41, 5.74) is 2.86. The van der Waals surface area contributed by atoms with E-state index in [1.165, 1.54) is 5.56 Å². The zero-order valence-corrected chi connectivity index (χ0v) is 19.3. The minimum Gasteiger partial charge on any atom is -0.497 e. The molecule has 1 aromatic carbocycles. The molecule has 1 amide bonds. The summed E-state index contributed by atoms with van der Waals surface area (Å²) in [7, 11) is 1.67. The lowest BCUT2D eigenvalue weighted by atomic mass is 9.93. The van der Waals surface area contributed by atoms with Crippen LogP contribution in [0.4, 0.5) is 0 Å². The van der Waals surface area contributed by atoms with Crippen LogP contribution in [0.2, 0.25) is 0 Å². The number of fused-ring (bicyclic) bond motifs is 1. The number of nitrogens with one attached hydrogen (secondary N) is 1. The summed E-state index contributed by atoms with van der Waals surface area (Å²) >= 11 is 0. The van der Waals surface area contributed by atoms with Gasteiger partial charge in [0.15, 0.2) is 0 Å². The molecule has 1 fully saturated rings. The summed E-state index contributed by atoms with van der Waals surface area (Å²) in [6, 6.07) is 8.07. The second kappa shape index (κ2) is 9.51. The van der Waals surface area contributed by atoms with Gasteiger partial charge >= 0.3 is 0 Å². The van der Waals surface area contributed by atoms with Crippen LogP contribution in [0.1, 0.15) is 54.2 Å². The number of carbonyl (C=O) groups is 1. The van der Waals surface area contributed by atoms with Crippen LogP contribution in [0.25, 0.3) is 0 Å². The molecule has 0 saturated carbocycles. The first-order valence-electron chi connectivity index (χ1n) is 12.0. The number of carbonyl (C=O) groups excluding carboxylic acids is 1. The van der Waals surface area contributed by atoms with E-state index in [1.54, 1.807) is 7.11 Å². The summed E-state index contributed by atoms with van der Waals surface area (Å²) in [6.07, 6.45) is 8.70. The lowest BCUT2D eigenvalue weighted by molar-refractivity contribution is -0.134. The van der Waals surface area contributed by atoms with E-state index in [0.29, 0.717) is 13.1 Å². The molecule has 1 N–H and O–H groups in total. The highest BCUT2D eigenvalue weighted by Gasteiger charge is 2.33. The van der Waals surface area contributed by atoms with E-state index in [1.807, 2.05) is 17.0 Å². The van der Waals surface area contributed by atoms with Gasteiger partial charge in [0.1, 0.15) is 11.6 Å². The maximum absolute atomic E-state index is 13.0. The van der Waals surface area contributed by atoms with Crippen molar-refractivity contribution >= 4 is 5.91 Å². The summed E-state index contributed by atoms with van der Waals surface area (Å²) < 4.78 is 5.23. The second-order valence-electron chi connectivity index (χ2n) is 9.44. The first-order valence-corrected chi connectivity index (χ1v) is 12.0. The van der Waals surface area contributed by atoms with Gasteiger partial charge in [0, 0.05) is 51.0 Å². The van der Waals surface area contributed by atoms with Crippen LogP contribution < -0.4 is 10.3 Å². The topological polar surface area (TPSA) is 78.5 Å². The Labute approximate surface area is 194 Å². The van der Waals surface area contributed by atoms with Crippen molar-refractivity contribution in [3.8, 4) is 5.75 Å². The number of H-pyrrole nitrogens is 1. The molecule has 5 rings (SSSR count). The lowest BCUT2D eigenvalue weighted by Gasteiger charge is -2.28. The molecule has 33 heavy (non-hydrogen) atoms. The number of nitrogens with zero attached hydrogens (tertiary/aromatic N) is 3. The number of amides is 1. The third-order valence-electron chi connectivity index (χ3n) is 7.24. The number of hydrogen-bond donors (Lipinski definition) is 1. The molecule has 1 saturated heterocycles. The fourth-order valence-electron chi connectivity index (χ4n) is 5.28. The Morgan fingerprint density at radius 2 is 2.03 bits per heavy atom. The molecule has 0 bridgehead atoms. The smallest absolute Gasteiger partial charge is 0.255 e. The number of rotatable bonds is 5. The highest BCUT2D eigenvalue weighted by Crippen LogP contribution is 2.29. The maximum Gasteiger partial charge on any atom is 0.255 e. The quantitative estimate of drug-likeness (QED) is 0.712. The first kappa shape index (κ1) is 21.9. The van der Waals surface area contributed by atoms with Gasteiger partial charge in [0.25, 0.3) is 5.56 Å². The second-order valence-corrected chi connectivity index (χ2v) is 9.44. The van der Waals surface area contributed by atoms with Gasteiger partial charge in [-0.2, -0.15) is 0 Å². The molecule has 7 nitrogen and oxygen atoms in total. The average molecular weight is 449 g/mol. The molecule has 0 spiro atoms. The standard InChI is InChI=1S/C26H32N4O3/c1-33-21-9-7-18(8-10-21)15-29-13-12-23-22(17-29)25(31)28-24(27-23)20-11-14-30(16-20)26(32)19-5-3-2-4-6-19/h2-3,7-10,19-20H,4-6,11-17H2,1H3,(H,27,28,31)/t19-,20-/m1/s1. The molecule has 1 aromatic heterocycles. The highest BCUT2D eigenvalue weighted by atomic mass is 16.5. The average Bonchev–Trinajstić information content (AvgIpc) is 3.35. The molecule has 2 atom stereocenters. The molecule has 7 heteroatoms. The van der Waals surface area contributed by atoms with Crippen molar-refractivity contribution in [3.63, 3.8) is 0 Å². The predicted octanol–water partition coefficient (Wildman–Crippen LogP) is 3.01. The number of allylic oxidation sites excluding steroid dienone is 2. The predicted molar refractivity (Wildman–Crippen MR) is 126 cm³/mol. The van der Waals surface area contributed by atoms with E-state index in [9.17, 15) is 9.59 Å². The molecule has 0 radical (unpaired) electrons. The minimum atomic E-state index is -0.0309. The zero-order valence-electron chi connectivity index (χ0n) is 19.3. The number of aromatic amines is 1. The van der Waals surface area contributed by atoms with Gasteiger partial charge in [-0.15, -0.1) is 0 Å². The normalized spacial score (nSPS) is 22.9. The van der Waals surface area contributed by atoms with Crippen molar-refractivity contribution in [1.82, 2.24) is 19.8 Å². The van der Waals surface area contributed by atoms with E-state index >= 15 is 0 Å². The van der Waals surface area contributed by atoms with Crippen molar-refractivity contribution in [2.75, 3.05) is 26.7 Å². The lowest BCUT2D eigenvalue weighted by Crippen LogP contribution is -2.36. The molecule has 1 aliphatic carbocycles. The van der Waals surface area contributed by atoms with Gasteiger partial charge in [-0.05, 0) is 43.4 Å². The molecular weight excluding hydrogens is 416 g/mol. The summed E-state index contributed by atoms with van der Waals surface area (Å²) in [5, 5.41) is 0.